The molecule has 1 aromatic carbocycles. The lowest BCUT2D eigenvalue weighted by Crippen LogP contribution is -2.34. The number of halogens is 1. The SMILES string of the molecule is Cl.NCC1CCCN1Cc1cccc([N+](=O)[O-])c1. The molecular formula is C12H18ClN3O2. The van der Waals surface area contributed by atoms with E-state index >= 15 is 0 Å². The highest BCUT2D eigenvalue weighted by Gasteiger charge is 2.23. The quantitative estimate of drug-likeness (QED) is 0.671. The zero-order valence-corrected chi connectivity index (χ0v) is 10.9. The molecule has 1 aliphatic rings. The molecule has 0 aliphatic carbocycles. The standard InChI is InChI=1S/C12H17N3O2.ClH/c13-8-12-5-2-6-14(12)9-10-3-1-4-11(7-10)15(16)17;/h1,3-4,7,12H,2,5-6,8-9,13H2;1H. The maximum absolute atomic E-state index is 10.7. The first-order valence-corrected chi connectivity index (χ1v) is 5.88. The van der Waals surface area contributed by atoms with Gasteiger partial charge >= 0.3 is 0 Å². The van der Waals surface area contributed by atoms with Crippen LogP contribution in [0.2, 0.25) is 0 Å². The Kier molecular flexibility index (Phi) is 5.53. The zero-order valence-electron chi connectivity index (χ0n) is 10.1. The van der Waals surface area contributed by atoms with Gasteiger partial charge in [-0.3, -0.25) is 15.0 Å². The molecule has 1 heterocycles. The molecule has 18 heavy (non-hydrogen) atoms. The Morgan fingerprint density at radius 3 is 2.94 bits per heavy atom. The number of nitro groups is 1. The average molecular weight is 272 g/mol. The zero-order chi connectivity index (χ0) is 12.3. The van der Waals surface area contributed by atoms with Crippen LogP contribution in [0.3, 0.4) is 0 Å². The van der Waals surface area contributed by atoms with Crippen LogP contribution in [0.25, 0.3) is 0 Å². The Bertz CT molecular complexity index is 414. The van der Waals surface area contributed by atoms with Crippen LogP contribution in [0, 0.1) is 10.1 Å². The fourth-order valence-electron chi connectivity index (χ4n) is 2.37. The Morgan fingerprint density at radius 2 is 2.28 bits per heavy atom. The molecule has 2 N–H and O–H groups in total. The minimum absolute atomic E-state index is 0. The molecule has 0 radical (unpaired) electrons. The molecule has 0 spiro atoms. The van der Waals surface area contributed by atoms with Crippen LogP contribution in [0.15, 0.2) is 24.3 Å². The van der Waals surface area contributed by atoms with Crippen molar-refractivity contribution in [1.82, 2.24) is 4.90 Å². The lowest BCUT2D eigenvalue weighted by atomic mass is 10.1. The maximum atomic E-state index is 10.7. The Balaban J connectivity index is 0.00000162. The summed E-state index contributed by atoms with van der Waals surface area (Å²) in [6, 6.07) is 7.26. The summed E-state index contributed by atoms with van der Waals surface area (Å²) in [7, 11) is 0. The molecule has 1 unspecified atom stereocenters. The topological polar surface area (TPSA) is 72.4 Å². The number of rotatable bonds is 4. The van der Waals surface area contributed by atoms with Gasteiger partial charge in [0.25, 0.3) is 5.69 Å². The molecule has 0 bridgehead atoms. The minimum Gasteiger partial charge on any atom is -0.329 e. The first-order chi connectivity index (χ1) is 8.20. The van der Waals surface area contributed by atoms with Gasteiger partial charge in [0.1, 0.15) is 0 Å². The van der Waals surface area contributed by atoms with Crippen molar-refractivity contribution in [2.45, 2.75) is 25.4 Å². The number of nitrogens with two attached hydrogens (primary N) is 1. The number of non-ortho nitro benzene ring substituents is 1. The van der Waals surface area contributed by atoms with Gasteiger partial charge in [0, 0.05) is 31.3 Å². The van der Waals surface area contributed by atoms with Gasteiger partial charge < -0.3 is 5.73 Å². The first-order valence-electron chi connectivity index (χ1n) is 5.88. The molecule has 0 aromatic heterocycles. The van der Waals surface area contributed by atoms with Crippen molar-refractivity contribution in [3.8, 4) is 0 Å². The summed E-state index contributed by atoms with van der Waals surface area (Å²) < 4.78 is 0. The van der Waals surface area contributed by atoms with Crippen LogP contribution in [-0.2, 0) is 6.54 Å². The molecule has 1 aromatic rings. The van der Waals surface area contributed by atoms with E-state index in [2.05, 4.69) is 4.90 Å². The van der Waals surface area contributed by atoms with E-state index in [0.717, 1.165) is 31.5 Å². The third-order valence-electron chi connectivity index (χ3n) is 3.28. The summed E-state index contributed by atoms with van der Waals surface area (Å²) in [5.74, 6) is 0. The van der Waals surface area contributed by atoms with E-state index in [1.54, 1.807) is 12.1 Å². The fourth-order valence-corrected chi connectivity index (χ4v) is 2.37. The van der Waals surface area contributed by atoms with Gasteiger partial charge in [0.2, 0.25) is 0 Å². The van der Waals surface area contributed by atoms with Crippen molar-refractivity contribution in [2.75, 3.05) is 13.1 Å². The average Bonchev–Trinajstić information content (AvgIpc) is 2.76. The molecule has 5 nitrogen and oxygen atoms in total. The highest BCUT2D eigenvalue weighted by molar-refractivity contribution is 5.85. The lowest BCUT2D eigenvalue weighted by molar-refractivity contribution is -0.384. The van der Waals surface area contributed by atoms with Crippen molar-refractivity contribution >= 4 is 18.1 Å². The fraction of sp³-hybridized carbons (Fsp3) is 0.500. The van der Waals surface area contributed by atoms with E-state index in [0.29, 0.717) is 12.6 Å². The van der Waals surface area contributed by atoms with Gasteiger partial charge in [-0.05, 0) is 24.9 Å². The van der Waals surface area contributed by atoms with Gasteiger partial charge in [-0.2, -0.15) is 0 Å². The summed E-state index contributed by atoms with van der Waals surface area (Å²) in [6.45, 7) is 2.45. The van der Waals surface area contributed by atoms with Crippen molar-refractivity contribution in [3.63, 3.8) is 0 Å². The van der Waals surface area contributed by atoms with Crippen LogP contribution in [-0.4, -0.2) is 29.0 Å². The Hall–Kier alpha value is -1.17. The largest absolute Gasteiger partial charge is 0.329 e. The van der Waals surface area contributed by atoms with E-state index in [-0.39, 0.29) is 23.0 Å². The number of hydrogen-bond acceptors (Lipinski definition) is 4. The van der Waals surface area contributed by atoms with Crippen molar-refractivity contribution in [2.24, 2.45) is 5.73 Å². The van der Waals surface area contributed by atoms with Gasteiger partial charge in [0.05, 0.1) is 4.92 Å². The smallest absolute Gasteiger partial charge is 0.269 e. The van der Waals surface area contributed by atoms with Crippen molar-refractivity contribution in [1.29, 1.82) is 0 Å². The van der Waals surface area contributed by atoms with E-state index in [1.165, 1.54) is 6.07 Å². The third-order valence-corrected chi connectivity index (χ3v) is 3.28. The molecular weight excluding hydrogens is 254 g/mol. The second-order valence-corrected chi connectivity index (χ2v) is 4.43. The number of nitrogens with zero attached hydrogens (tertiary/aromatic N) is 2. The first kappa shape index (κ1) is 14.9. The molecule has 0 amide bonds. The number of likely N-dealkylation sites (tertiary alicyclic amines) is 1. The lowest BCUT2D eigenvalue weighted by Gasteiger charge is -2.22. The summed E-state index contributed by atoms with van der Waals surface area (Å²) >= 11 is 0. The summed E-state index contributed by atoms with van der Waals surface area (Å²) in [5.41, 5.74) is 6.85. The van der Waals surface area contributed by atoms with Crippen molar-refractivity contribution < 1.29 is 4.92 Å². The molecule has 1 aliphatic heterocycles. The molecule has 1 saturated heterocycles. The normalized spacial score (nSPS) is 19.5. The van der Waals surface area contributed by atoms with E-state index in [4.69, 9.17) is 5.73 Å². The van der Waals surface area contributed by atoms with E-state index in [1.807, 2.05) is 6.07 Å². The van der Waals surface area contributed by atoms with Crippen LogP contribution in [0.5, 0.6) is 0 Å². The highest BCUT2D eigenvalue weighted by Crippen LogP contribution is 2.21. The van der Waals surface area contributed by atoms with E-state index < -0.39 is 0 Å². The second kappa shape index (κ2) is 6.68. The van der Waals surface area contributed by atoms with Crippen molar-refractivity contribution in [3.05, 3.63) is 39.9 Å². The maximum Gasteiger partial charge on any atom is 0.269 e. The molecule has 6 heteroatoms. The van der Waals surface area contributed by atoms with Crippen LogP contribution >= 0.6 is 12.4 Å². The number of benzene rings is 1. The predicted octanol–water partition coefficient (Wildman–Crippen LogP) is 1.94. The predicted molar refractivity (Wildman–Crippen MR) is 72.8 cm³/mol. The van der Waals surface area contributed by atoms with Crippen LogP contribution in [0.1, 0.15) is 18.4 Å². The van der Waals surface area contributed by atoms with Crippen LogP contribution < -0.4 is 5.73 Å². The molecule has 0 saturated carbocycles. The third kappa shape index (κ3) is 3.41. The summed E-state index contributed by atoms with van der Waals surface area (Å²) in [4.78, 5) is 12.6. The van der Waals surface area contributed by atoms with Gasteiger partial charge in [-0.25, -0.2) is 0 Å². The number of hydrogen-bond donors (Lipinski definition) is 1. The summed E-state index contributed by atoms with van der Waals surface area (Å²) in [5, 5.41) is 10.7. The molecule has 1 fully saturated rings. The molecule has 2 rings (SSSR count). The Labute approximate surface area is 113 Å². The Morgan fingerprint density at radius 1 is 1.50 bits per heavy atom. The molecule has 100 valence electrons. The minimum atomic E-state index is -0.353. The van der Waals surface area contributed by atoms with Crippen LogP contribution in [0.4, 0.5) is 5.69 Å². The second-order valence-electron chi connectivity index (χ2n) is 4.43. The van der Waals surface area contributed by atoms with Gasteiger partial charge in [-0.15, -0.1) is 12.4 Å². The molecule has 1 atom stereocenters. The van der Waals surface area contributed by atoms with E-state index in [9.17, 15) is 10.1 Å². The highest BCUT2D eigenvalue weighted by atomic mass is 35.5. The summed E-state index contributed by atoms with van der Waals surface area (Å²) in [6.07, 6.45) is 2.29. The number of nitro benzene ring substituents is 1. The monoisotopic (exact) mass is 271 g/mol. The van der Waals surface area contributed by atoms with Gasteiger partial charge in [0.15, 0.2) is 0 Å². The van der Waals surface area contributed by atoms with Gasteiger partial charge in [-0.1, -0.05) is 12.1 Å².